The molecule has 0 saturated carbocycles. The first kappa shape index (κ1) is 16.8. The molecule has 1 fully saturated rings. The topological polar surface area (TPSA) is 61.4 Å². The van der Waals surface area contributed by atoms with Gasteiger partial charge in [0.05, 0.1) is 5.92 Å². The first-order valence-electron chi connectivity index (χ1n) is 7.51. The molecule has 3 rings (SSSR count). The average Bonchev–Trinajstić information content (AvgIpc) is 2.94. The Balaban J connectivity index is 0.00000176. The Labute approximate surface area is 136 Å². The molecule has 2 heterocycles. The number of likely N-dealkylation sites (tertiary alicyclic amines) is 1. The lowest BCUT2D eigenvalue weighted by atomic mass is 9.89. The van der Waals surface area contributed by atoms with Crippen LogP contribution in [0, 0.1) is 5.92 Å². The number of benzene rings is 1. The predicted octanol–water partition coefficient (Wildman–Crippen LogP) is 1.60. The molecule has 2 atom stereocenters. The number of rotatable bonds is 3. The number of amides is 2. The number of nitrogens with zero attached hydrogens (tertiary/aromatic N) is 1. The number of hydrogen-bond acceptors (Lipinski definition) is 3. The number of hydrogen-bond donors (Lipinski definition) is 2. The van der Waals surface area contributed by atoms with E-state index >= 15 is 0 Å². The molecule has 22 heavy (non-hydrogen) atoms. The van der Waals surface area contributed by atoms with Crippen molar-refractivity contribution in [3.05, 3.63) is 29.8 Å². The van der Waals surface area contributed by atoms with E-state index in [2.05, 4.69) is 10.6 Å². The SMILES string of the molecule is CNCC1CCN(C(=O)C2CC(=O)Nc3ccccc32)C1.Cl. The molecule has 2 unspecified atom stereocenters. The zero-order chi connectivity index (χ0) is 14.8. The van der Waals surface area contributed by atoms with E-state index in [1.54, 1.807) is 0 Å². The number of para-hydroxylation sites is 1. The lowest BCUT2D eigenvalue weighted by Gasteiger charge is -2.28. The van der Waals surface area contributed by atoms with Crippen molar-refractivity contribution in [3.8, 4) is 0 Å². The summed E-state index contributed by atoms with van der Waals surface area (Å²) in [4.78, 5) is 26.5. The second-order valence-electron chi connectivity index (χ2n) is 5.89. The van der Waals surface area contributed by atoms with E-state index in [4.69, 9.17) is 0 Å². The van der Waals surface area contributed by atoms with Gasteiger partial charge in [-0.25, -0.2) is 0 Å². The van der Waals surface area contributed by atoms with Crippen LogP contribution in [-0.2, 0) is 9.59 Å². The van der Waals surface area contributed by atoms with Crippen molar-refractivity contribution in [3.63, 3.8) is 0 Å². The molecule has 1 saturated heterocycles. The number of halogens is 1. The van der Waals surface area contributed by atoms with E-state index in [1.807, 2.05) is 36.2 Å². The molecular formula is C16H22ClN3O2. The van der Waals surface area contributed by atoms with Gasteiger partial charge >= 0.3 is 0 Å². The fraction of sp³-hybridized carbons (Fsp3) is 0.500. The predicted molar refractivity (Wildman–Crippen MR) is 88.3 cm³/mol. The van der Waals surface area contributed by atoms with Crippen LogP contribution in [0.1, 0.15) is 24.3 Å². The largest absolute Gasteiger partial charge is 0.342 e. The lowest BCUT2D eigenvalue weighted by molar-refractivity contribution is -0.134. The normalized spacial score (nSPS) is 23.5. The maximum atomic E-state index is 12.8. The molecule has 0 radical (unpaired) electrons. The van der Waals surface area contributed by atoms with Crippen LogP contribution in [0.4, 0.5) is 5.69 Å². The first-order valence-corrected chi connectivity index (χ1v) is 7.51. The Kier molecular flexibility index (Phi) is 5.42. The van der Waals surface area contributed by atoms with Crippen LogP contribution >= 0.6 is 12.4 Å². The zero-order valence-corrected chi connectivity index (χ0v) is 13.5. The van der Waals surface area contributed by atoms with Crippen LogP contribution in [0.25, 0.3) is 0 Å². The smallest absolute Gasteiger partial charge is 0.230 e. The van der Waals surface area contributed by atoms with Crippen molar-refractivity contribution in [1.82, 2.24) is 10.2 Å². The minimum absolute atomic E-state index is 0. The van der Waals surface area contributed by atoms with Gasteiger partial charge in [-0.05, 0) is 37.6 Å². The number of nitrogens with one attached hydrogen (secondary N) is 2. The summed E-state index contributed by atoms with van der Waals surface area (Å²) in [5, 5.41) is 6.01. The molecule has 6 heteroatoms. The number of anilines is 1. The third-order valence-corrected chi connectivity index (χ3v) is 4.39. The van der Waals surface area contributed by atoms with Gasteiger partial charge in [-0.15, -0.1) is 12.4 Å². The second kappa shape index (κ2) is 7.11. The fourth-order valence-corrected chi connectivity index (χ4v) is 3.34. The molecule has 2 aliphatic heterocycles. The van der Waals surface area contributed by atoms with E-state index in [0.29, 0.717) is 5.92 Å². The molecule has 5 nitrogen and oxygen atoms in total. The van der Waals surface area contributed by atoms with Crippen molar-refractivity contribution in [2.75, 3.05) is 32.0 Å². The summed E-state index contributed by atoms with van der Waals surface area (Å²) in [5.74, 6) is 0.212. The molecular weight excluding hydrogens is 302 g/mol. The summed E-state index contributed by atoms with van der Waals surface area (Å²) in [7, 11) is 1.94. The Morgan fingerprint density at radius 3 is 2.95 bits per heavy atom. The van der Waals surface area contributed by atoms with Gasteiger partial charge in [-0.1, -0.05) is 18.2 Å². The number of carbonyl (C=O) groups is 2. The molecule has 120 valence electrons. The third kappa shape index (κ3) is 3.25. The highest BCUT2D eigenvalue weighted by Gasteiger charge is 2.35. The fourth-order valence-electron chi connectivity index (χ4n) is 3.34. The second-order valence-corrected chi connectivity index (χ2v) is 5.89. The lowest BCUT2D eigenvalue weighted by Crippen LogP contribution is -2.37. The van der Waals surface area contributed by atoms with Crippen molar-refractivity contribution in [1.29, 1.82) is 0 Å². The van der Waals surface area contributed by atoms with Crippen molar-refractivity contribution < 1.29 is 9.59 Å². The molecule has 0 aromatic heterocycles. The highest BCUT2D eigenvalue weighted by Crippen LogP contribution is 2.34. The van der Waals surface area contributed by atoms with Gasteiger partial charge in [0.1, 0.15) is 0 Å². The van der Waals surface area contributed by atoms with Gasteiger partial charge in [0.25, 0.3) is 0 Å². The Morgan fingerprint density at radius 2 is 2.18 bits per heavy atom. The summed E-state index contributed by atoms with van der Waals surface area (Å²) < 4.78 is 0. The van der Waals surface area contributed by atoms with Gasteiger partial charge in [0.15, 0.2) is 0 Å². The van der Waals surface area contributed by atoms with E-state index in [1.165, 1.54) is 0 Å². The molecule has 1 aromatic carbocycles. The van der Waals surface area contributed by atoms with E-state index < -0.39 is 0 Å². The quantitative estimate of drug-likeness (QED) is 0.888. The van der Waals surface area contributed by atoms with Crippen LogP contribution in [0.2, 0.25) is 0 Å². The maximum Gasteiger partial charge on any atom is 0.230 e. The Morgan fingerprint density at radius 1 is 1.41 bits per heavy atom. The molecule has 2 amide bonds. The Bertz CT molecular complexity index is 564. The standard InChI is InChI=1S/C16H21N3O2.ClH/c1-17-9-11-6-7-19(10-11)16(21)13-8-15(20)18-14-5-3-2-4-12(13)14;/h2-5,11,13,17H,6-10H2,1H3,(H,18,20);1H. The van der Waals surface area contributed by atoms with Gasteiger partial charge in [0.2, 0.25) is 11.8 Å². The minimum atomic E-state index is -0.330. The summed E-state index contributed by atoms with van der Waals surface area (Å²) in [6.07, 6.45) is 1.29. The van der Waals surface area contributed by atoms with Gasteiger partial charge in [-0.2, -0.15) is 0 Å². The molecule has 2 N–H and O–H groups in total. The molecule has 0 spiro atoms. The van der Waals surface area contributed by atoms with Gasteiger partial charge in [0, 0.05) is 25.2 Å². The summed E-state index contributed by atoms with van der Waals surface area (Å²) >= 11 is 0. The molecule has 0 aliphatic carbocycles. The monoisotopic (exact) mass is 323 g/mol. The minimum Gasteiger partial charge on any atom is -0.342 e. The summed E-state index contributed by atoms with van der Waals surface area (Å²) in [6.45, 7) is 2.52. The van der Waals surface area contributed by atoms with Crippen LogP contribution in [0.3, 0.4) is 0 Å². The highest BCUT2D eigenvalue weighted by atomic mass is 35.5. The van der Waals surface area contributed by atoms with E-state index in [-0.39, 0.29) is 36.6 Å². The molecule has 0 bridgehead atoms. The van der Waals surface area contributed by atoms with E-state index in [0.717, 1.165) is 37.3 Å². The first-order chi connectivity index (χ1) is 10.2. The molecule has 1 aromatic rings. The van der Waals surface area contributed by atoms with Crippen molar-refractivity contribution >= 4 is 29.9 Å². The van der Waals surface area contributed by atoms with Crippen LogP contribution in [0.15, 0.2) is 24.3 Å². The van der Waals surface area contributed by atoms with Crippen molar-refractivity contribution in [2.24, 2.45) is 5.92 Å². The number of carbonyl (C=O) groups excluding carboxylic acids is 2. The summed E-state index contributed by atoms with van der Waals surface area (Å²) in [6, 6.07) is 7.61. The van der Waals surface area contributed by atoms with Crippen LogP contribution in [0.5, 0.6) is 0 Å². The van der Waals surface area contributed by atoms with E-state index in [9.17, 15) is 9.59 Å². The summed E-state index contributed by atoms with van der Waals surface area (Å²) in [5.41, 5.74) is 1.72. The maximum absolute atomic E-state index is 12.8. The highest BCUT2D eigenvalue weighted by molar-refractivity contribution is 6.01. The number of fused-ring (bicyclic) bond motifs is 1. The van der Waals surface area contributed by atoms with Gasteiger partial charge in [-0.3, -0.25) is 9.59 Å². The van der Waals surface area contributed by atoms with Crippen LogP contribution < -0.4 is 10.6 Å². The third-order valence-electron chi connectivity index (χ3n) is 4.39. The Hall–Kier alpha value is -1.59. The van der Waals surface area contributed by atoms with Gasteiger partial charge < -0.3 is 15.5 Å². The average molecular weight is 324 g/mol. The van der Waals surface area contributed by atoms with Crippen molar-refractivity contribution in [2.45, 2.75) is 18.8 Å². The zero-order valence-electron chi connectivity index (χ0n) is 12.7. The van der Waals surface area contributed by atoms with Crippen LogP contribution in [-0.4, -0.2) is 43.4 Å². The molecule has 2 aliphatic rings.